The van der Waals surface area contributed by atoms with Crippen LogP contribution in [0.5, 0.6) is 0 Å². The molecule has 0 unspecified atom stereocenters. The van der Waals surface area contributed by atoms with Crippen LogP contribution in [0, 0.1) is 0 Å². The Labute approximate surface area is 255 Å². The van der Waals surface area contributed by atoms with Crippen molar-refractivity contribution in [1.29, 1.82) is 0 Å². The first-order valence-corrected chi connectivity index (χ1v) is 14.6. The molecule has 2 aromatic heterocycles. The van der Waals surface area contributed by atoms with Gasteiger partial charge >= 0.3 is 0 Å². The second kappa shape index (κ2) is 11.0. The topological polar surface area (TPSA) is 51.6 Å². The number of hydrogen-bond acceptors (Lipinski definition) is 4. The van der Waals surface area contributed by atoms with Crippen LogP contribution in [0.4, 0.5) is 0 Å². The minimum absolute atomic E-state index is 0.566. The van der Waals surface area contributed by atoms with Crippen molar-refractivity contribution in [2.45, 2.75) is 0 Å². The summed E-state index contributed by atoms with van der Waals surface area (Å²) in [4.78, 5) is 16.9. The zero-order valence-corrected chi connectivity index (χ0v) is 23.8. The van der Waals surface area contributed by atoms with E-state index in [2.05, 4.69) is 153 Å². The number of fused-ring (bicyclic) bond motifs is 2. The maximum atomic E-state index is 4.58. The Hall–Kier alpha value is -6.00. The molecule has 0 aliphatic rings. The van der Waals surface area contributed by atoms with Crippen LogP contribution < -0.4 is 0 Å². The molecule has 2 heterocycles. The van der Waals surface area contributed by atoms with Crippen LogP contribution in [0.3, 0.4) is 0 Å². The van der Waals surface area contributed by atoms with Crippen molar-refractivity contribution in [2.75, 3.05) is 0 Å². The summed E-state index contributed by atoms with van der Waals surface area (Å²) in [6.45, 7) is 0. The second-order valence-electron chi connectivity index (χ2n) is 10.8. The normalized spacial score (nSPS) is 11.2. The Morgan fingerprint density at radius 1 is 0.341 bits per heavy atom. The molecule has 0 aliphatic carbocycles. The third kappa shape index (κ3) is 4.59. The summed E-state index contributed by atoms with van der Waals surface area (Å²) in [5, 5.41) is 5.01. The molecule has 0 saturated heterocycles. The molecular formula is C40H26N4. The molecule has 0 atom stereocenters. The molecule has 0 N–H and O–H groups in total. The van der Waals surface area contributed by atoms with Crippen LogP contribution in [0.15, 0.2) is 158 Å². The van der Waals surface area contributed by atoms with E-state index in [0.29, 0.717) is 5.82 Å². The van der Waals surface area contributed by atoms with E-state index in [1.165, 1.54) is 67.6 Å². The van der Waals surface area contributed by atoms with Gasteiger partial charge in [0.05, 0.1) is 0 Å². The molecule has 206 valence electrons. The summed E-state index contributed by atoms with van der Waals surface area (Å²) < 4.78 is 0. The van der Waals surface area contributed by atoms with Crippen LogP contribution in [-0.2, 0) is 0 Å². The maximum Gasteiger partial charge on any atom is 0.181 e. The first kappa shape index (κ1) is 25.7. The molecular weight excluding hydrogens is 536 g/mol. The molecule has 0 saturated carbocycles. The van der Waals surface area contributed by atoms with Gasteiger partial charge in [-0.2, -0.15) is 0 Å². The van der Waals surface area contributed by atoms with Gasteiger partial charge in [0.25, 0.3) is 0 Å². The lowest BCUT2D eigenvalue weighted by Gasteiger charge is -2.18. The Balaban J connectivity index is 1.26. The number of benzene rings is 6. The first-order chi connectivity index (χ1) is 21.8. The fraction of sp³-hybridized carbons (Fsp3) is 0. The van der Waals surface area contributed by atoms with Crippen molar-refractivity contribution in [1.82, 2.24) is 19.9 Å². The lowest BCUT2D eigenvalue weighted by molar-refractivity contribution is 1.04. The van der Waals surface area contributed by atoms with Gasteiger partial charge in [-0.25, -0.2) is 15.0 Å². The zero-order chi connectivity index (χ0) is 29.3. The lowest BCUT2D eigenvalue weighted by atomic mass is 9.85. The number of hydrogen-bond donors (Lipinski definition) is 0. The van der Waals surface area contributed by atoms with Gasteiger partial charge in [0, 0.05) is 11.8 Å². The van der Waals surface area contributed by atoms with Crippen LogP contribution >= 0.6 is 0 Å². The fourth-order valence-corrected chi connectivity index (χ4v) is 6.11. The molecule has 4 nitrogen and oxygen atoms in total. The minimum Gasteiger partial charge on any atom is -0.252 e. The maximum absolute atomic E-state index is 4.58. The van der Waals surface area contributed by atoms with Gasteiger partial charge in [-0.3, -0.25) is 4.98 Å². The highest BCUT2D eigenvalue weighted by molar-refractivity contribution is 6.21. The fourth-order valence-electron chi connectivity index (χ4n) is 6.11. The van der Waals surface area contributed by atoms with Crippen LogP contribution in [0.1, 0.15) is 0 Å². The van der Waals surface area contributed by atoms with E-state index in [1.807, 2.05) is 12.3 Å². The Morgan fingerprint density at radius 3 is 1.43 bits per heavy atom. The largest absolute Gasteiger partial charge is 0.252 e. The molecule has 0 bridgehead atoms. The third-order valence-corrected chi connectivity index (χ3v) is 8.19. The van der Waals surface area contributed by atoms with Crippen LogP contribution in [0.2, 0.25) is 0 Å². The molecule has 0 radical (unpaired) electrons. The van der Waals surface area contributed by atoms with Crippen molar-refractivity contribution < 1.29 is 0 Å². The number of nitrogens with zero attached hydrogens (tertiary/aromatic N) is 4. The van der Waals surface area contributed by atoms with Crippen LogP contribution in [0.25, 0.3) is 77.6 Å². The standard InChI is InChI=1S/C40H26N4/c1-3-9-29(10-4-1)38-33-13-7-8-14-34(33)39(30-11-5-2-6-12-30)36-23-31(19-21-35(36)38)27-15-17-28(18-16-27)32-20-22-37(42-24-32)40-43-25-41-26-44-40/h1-26H. The van der Waals surface area contributed by atoms with Crippen molar-refractivity contribution in [3.8, 4) is 56.0 Å². The summed E-state index contributed by atoms with van der Waals surface area (Å²) in [6, 6.07) is 49.9. The van der Waals surface area contributed by atoms with Crippen LogP contribution in [-0.4, -0.2) is 19.9 Å². The van der Waals surface area contributed by atoms with Gasteiger partial charge in [-0.15, -0.1) is 0 Å². The summed E-state index contributed by atoms with van der Waals surface area (Å²) >= 11 is 0. The van der Waals surface area contributed by atoms with E-state index in [1.54, 1.807) is 0 Å². The van der Waals surface area contributed by atoms with E-state index >= 15 is 0 Å². The lowest BCUT2D eigenvalue weighted by Crippen LogP contribution is -1.92. The average Bonchev–Trinajstić information content (AvgIpc) is 3.11. The van der Waals surface area contributed by atoms with E-state index in [4.69, 9.17) is 0 Å². The molecule has 0 amide bonds. The minimum atomic E-state index is 0.566. The van der Waals surface area contributed by atoms with Gasteiger partial charge in [-0.05, 0) is 72.6 Å². The Morgan fingerprint density at radius 2 is 0.841 bits per heavy atom. The van der Waals surface area contributed by atoms with Gasteiger partial charge in [0.15, 0.2) is 5.82 Å². The molecule has 6 aromatic carbocycles. The van der Waals surface area contributed by atoms with E-state index in [0.717, 1.165) is 16.8 Å². The highest BCUT2D eigenvalue weighted by Crippen LogP contribution is 2.44. The molecule has 0 aliphatic heterocycles. The third-order valence-electron chi connectivity index (χ3n) is 8.19. The van der Waals surface area contributed by atoms with Crippen molar-refractivity contribution in [2.24, 2.45) is 0 Å². The van der Waals surface area contributed by atoms with Gasteiger partial charge < -0.3 is 0 Å². The second-order valence-corrected chi connectivity index (χ2v) is 10.8. The Kier molecular flexibility index (Phi) is 6.43. The van der Waals surface area contributed by atoms with E-state index < -0.39 is 0 Å². The number of pyridine rings is 1. The average molecular weight is 563 g/mol. The highest BCUT2D eigenvalue weighted by Gasteiger charge is 2.17. The predicted octanol–water partition coefficient (Wildman–Crippen LogP) is 9.91. The summed E-state index contributed by atoms with van der Waals surface area (Å²) in [5.74, 6) is 0.566. The van der Waals surface area contributed by atoms with Gasteiger partial charge in [0.2, 0.25) is 0 Å². The molecule has 4 heteroatoms. The predicted molar refractivity (Wildman–Crippen MR) is 180 cm³/mol. The highest BCUT2D eigenvalue weighted by atomic mass is 15.0. The molecule has 44 heavy (non-hydrogen) atoms. The summed E-state index contributed by atoms with van der Waals surface area (Å²) in [5.41, 5.74) is 10.2. The van der Waals surface area contributed by atoms with Crippen molar-refractivity contribution >= 4 is 21.5 Å². The number of aromatic nitrogens is 4. The van der Waals surface area contributed by atoms with E-state index in [9.17, 15) is 0 Å². The molecule has 0 spiro atoms. The zero-order valence-electron chi connectivity index (χ0n) is 23.8. The van der Waals surface area contributed by atoms with E-state index in [-0.39, 0.29) is 0 Å². The summed E-state index contributed by atoms with van der Waals surface area (Å²) in [6.07, 6.45) is 4.83. The first-order valence-electron chi connectivity index (χ1n) is 14.6. The number of rotatable bonds is 5. The Bertz CT molecular complexity index is 2230. The van der Waals surface area contributed by atoms with Gasteiger partial charge in [-0.1, -0.05) is 127 Å². The molecule has 0 fully saturated rings. The quantitative estimate of drug-likeness (QED) is 0.196. The van der Waals surface area contributed by atoms with Crippen molar-refractivity contribution in [3.63, 3.8) is 0 Å². The summed E-state index contributed by atoms with van der Waals surface area (Å²) in [7, 11) is 0. The SMILES string of the molecule is c1ccc(-c2c3ccccc3c(-c3ccccc3)c3cc(-c4ccc(-c5ccc(-c6ncncn6)nc5)cc4)ccc23)cc1. The monoisotopic (exact) mass is 562 g/mol. The molecule has 8 rings (SSSR count). The van der Waals surface area contributed by atoms with Crippen molar-refractivity contribution in [3.05, 3.63) is 158 Å². The smallest absolute Gasteiger partial charge is 0.181 e. The van der Waals surface area contributed by atoms with Gasteiger partial charge in [0.1, 0.15) is 18.3 Å². The molecule has 8 aromatic rings.